The van der Waals surface area contributed by atoms with Gasteiger partial charge >= 0.3 is 0 Å². The Hall–Kier alpha value is -0.870. The molecule has 0 aromatic heterocycles. The second kappa shape index (κ2) is 7.65. The van der Waals surface area contributed by atoms with Crippen LogP contribution in [0.3, 0.4) is 0 Å². The van der Waals surface area contributed by atoms with Crippen LogP contribution in [0.25, 0.3) is 0 Å². The topological polar surface area (TPSA) is 46.2 Å². The molecule has 1 unspecified atom stereocenters. The van der Waals surface area contributed by atoms with E-state index in [1.165, 1.54) is 0 Å². The summed E-state index contributed by atoms with van der Waals surface area (Å²) < 4.78 is 27.3. The first-order chi connectivity index (χ1) is 8.99. The summed E-state index contributed by atoms with van der Waals surface area (Å²) in [4.78, 5) is 0.354. The summed E-state index contributed by atoms with van der Waals surface area (Å²) in [5.41, 5.74) is 1.06. The van der Waals surface area contributed by atoms with Gasteiger partial charge < -0.3 is 0 Å². The SMILES string of the molecule is CCCCCC(CC)NS(=O)(=O)c1ccc(C)cc1. The molecule has 0 aliphatic carbocycles. The quantitative estimate of drug-likeness (QED) is 0.740. The van der Waals surface area contributed by atoms with E-state index in [2.05, 4.69) is 11.6 Å². The minimum atomic E-state index is -3.38. The van der Waals surface area contributed by atoms with Gasteiger partial charge in [-0.05, 0) is 31.9 Å². The molecule has 1 N–H and O–H groups in total. The molecule has 0 radical (unpaired) electrons. The first kappa shape index (κ1) is 16.2. The summed E-state index contributed by atoms with van der Waals surface area (Å²) in [6, 6.07) is 7.02. The number of hydrogen-bond donors (Lipinski definition) is 1. The molecule has 1 aromatic rings. The fraction of sp³-hybridized carbons (Fsp3) is 0.600. The lowest BCUT2D eigenvalue weighted by Gasteiger charge is -2.17. The van der Waals surface area contributed by atoms with Crippen LogP contribution in [0.4, 0.5) is 0 Å². The monoisotopic (exact) mass is 283 g/mol. The Balaban J connectivity index is 2.69. The van der Waals surface area contributed by atoms with E-state index in [1.807, 2.05) is 26.0 Å². The lowest BCUT2D eigenvalue weighted by Crippen LogP contribution is -2.34. The van der Waals surface area contributed by atoms with Crippen LogP contribution in [0.2, 0.25) is 0 Å². The fourth-order valence-electron chi connectivity index (χ4n) is 1.99. The molecule has 108 valence electrons. The molecule has 4 heteroatoms. The van der Waals surface area contributed by atoms with Gasteiger partial charge in [0.2, 0.25) is 10.0 Å². The van der Waals surface area contributed by atoms with Gasteiger partial charge in [-0.2, -0.15) is 0 Å². The molecule has 1 atom stereocenters. The number of benzene rings is 1. The van der Waals surface area contributed by atoms with Crippen molar-refractivity contribution in [3.8, 4) is 0 Å². The first-order valence-electron chi connectivity index (χ1n) is 7.08. The molecule has 1 aromatic carbocycles. The molecule has 0 fully saturated rings. The third-order valence-corrected chi connectivity index (χ3v) is 4.84. The summed E-state index contributed by atoms with van der Waals surface area (Å²) in [5, 5.41) is 0. The van der Waals surface area contributed by atoms with E-state index < -0.39 is 10.0 Å². The Labute approximate surface area is 117 Å². The Bertz CT molecular complexity index is 465. The first-order valence-corrected chi connectivity index (χ1v) is 8.57. The van der Waals surface area contributed by atoms with Gasteiger partial charge in [0.1, 0.15) is 0 Å². The molecule has 1 rings (SSSR count). The highest BCUT2D eigenvalue weighted by molar-refractivity contribution is 7.89. The molecule has 0 amide bonds. The van der Waals surface area contributed by atoms with Gasteiger partial charge in [-0.25, -0.2) is 13.1 Å². The van der Waals surface area contributed by atoms with Gasteiger partial charge in [0.25, 0.3) is 0 Å². The zero-order valence-electron chi connectivity index (χ0n) is 12.1. The maximum Gasteiger partial charge on any atom is 0.240 e. The number of aryl methyl sites for hydroxylation is 1. The maximum absolute atomic E-state index is 12.2. The molecule has 0 aliphatic rings. The molecular weight excluding hydrogens is 258 g/mol. The Morgan fingerprint density at radius 2 is 1.74 bits per heavy atom. The van der Waals surface area contributed by atoms with Crippen LogP contribution in [0, 0.1) is 6.92 Å². The third-order valence-electron chi connectivity index (χ3n) is 3.30. The van der Waals surface area contributed by atoms with Crippen LogP contribution >= 0.6 is 0 Å². The van der Waals surface area contributed by atoms with E-state index in [1.54, 1.807) is 12.1 Å². The highest BCUT2D eigenvalue weighted by Crippen LogP contribution is 2.13. The standard InChI is InChI=1S/C15H25NO2S/c1-4-6-7-8-14(5-2)16-19(17,18)15-11-9-13(3)10-12-15/h9-12,14,16H,4-8H2,1-3H3. The van der Waals surface area contributed by atoms with Crippen LogP contribution in [0.5, 0.6) is 0 Å². The molecule has 19 heavy (non-hydrogen) atoms. The van der Waals surface area contributed by atoms with Crippen LogP contribution < -0.4 is 4.72 Å². The van der Waals surface area contributed by atoms with Crippen LogP contribution in [0.1, 0.15) is 51.5 Å². The molecule has 0 heterocycles. The Morgan fingerprint density at radius 3 is 2.26 bits per heavy atom. The summed E-state index contributed by atoms with van der Waals surface area (Å²) in [6.45, 7) is 6.12. The second-order valence-corrected chi connectivity index (χ2v) is 6.75. The van der Waals surface area contributed by atoms with Crippen molar-refractivity contribution in [1.82, 2.24) is 4.72 Å². The van der Waals surface area contributed by atoms with Crippen LogP contribution in [0.15, 0.2) is 29.2 Å². The Kier molecular flexibility index (Phi) is 6.52. The third kappa shape index (κ3) is 5.33. The van der Waals surface area contributed by atoms with Crippen molar-refractivity contribution in [1.29, 1.82) is 0 Å². The zero-order chi connectivity index (χ0) is 14.3. The largest absolute Gasteiger partial charge is 0.240 e. The summed E-state index contributed by atoms with van der Waals surface area (Å²) in [7, 11) is -3.38. The molecule has 0 spiro atoms. The van der Waals surface area contributed by atoms with Gasteiger partial charge in [0.15, 0.2) is 0 Å². The van der Waals surface area contributed by atoms with Crippen LogP contribution in [-0.2, 0) is 10.0 Å². The van der Waals surface area contributed by atoms with Crippen molar-refractivity contribution < 1.29 is 8.42 Å². The van der Waals surface area contributed by atoms with Crippen molar-refractivity contribution in [3.63, 3.8) is 0 Å². The van der Waals surface area contributed by atoms with E-state index in [4.69, 9.17) is 0 Å². The van der Waals surface area contributed by atoms with Crippen molar-refractivity contribution in [2.24, 2.45) is 0 Å². The number of unbranched alkanes of at least 4 members (excludes halogenated alkanes) is 2. The highest BCUT2D eigenvalue weighted by Gasteiger charge is 2.18. The summed E-state index contributed by atoms with van der Waals surface area (Å²) in [5.74, 6) is 0. The molecular formula is C15H25NO2S. The number of rotatable bonds is 8. The number of hydrogen-bond acceptors (Lipinski definition) is 2. The van der Waals surface area contributed by atoms with E-state index in [-0.39, 0.29) is 6.04 Å². The lowest BCUT2D eigenvalue weighted by atomic mass is 10.1. The average Bonchev–Trinajstić information content (AvgIpc) is 2.38. The fourth-order valence-corrected chi connectivity index (χ4v) is 3.35. The minimum Gasteiger partial charge on any atom is -0.208 e. The van der Waals surface area contributed by atoms with Gasteiger partial charge in [0, 0.05) is 6.04 Å². The van der Waals surface area contributed by atoms with Gasteiger partial charge in [-0.1, -0.05) is 50.8 Å². The summed E-state index contributed by atoms with van der Waals surface area (Å²) >= 11 is 0. The van der Waals surface area contributed by atoms with E-state index in [0.29, 0.717) is 4.90 Å². The van der Waals surface area contributed by atoms with Gasteiger partial charge in [-0.3, -0.25) is 0 Å². The molecule has 0 saturated carbocycles. The van der Waals surface area contributed by atoms with Crippen molar-refractivity contribution >= 4 is 10.0 Å². The minimum absolute atomic E-state index is 0.0397. The van der Waals surface area contributed by atoms with Crippen molar-refractivity contribution in [3.05, 3.63) is 29.8 Å². The molecule has 3 nitrogen and oxygen atoms in total. The van der Waals surface area contributed by atoms with E-state index >= 15 is 0 Å². The number of nitrogens with one attached hydrogen (secondary N) is 1. The Morgan fingerprint density at radius 1 is 1.11 bits per heavy atom. The van der Waals surface area contributed by atoms with E-state index in [9.17, 15) is 8.42 Å². The smallest absolute Gasteiger partial charge is 0.208 e. The second-order valence-electron chi connectivity index (χ2n) is 5.04. The lowest BCUT2D eigenvalue weighted by molar-refractivity contribution is 0.494. The maximum atomic E-state index is 12.2. The zero-order valence-corrected chi connectivity index (χ0v) is 13.0. The van der Waals surface area contributed by atoms with E-state index in [0.717, 1.165) is 37.7 Å². The van der Waals surface area contributed by atoms with Crippen LogP contribution in [-0.4, -0.2) is 14.5 Å². The van der Waals surface area contributed by atoms with Gasteiger partial charge in [0.05, 0.1) is 4.90 Å². The van der Waals surface area contributed by atoms with Crippen molar-refractivity contribution in [2.75, 3.05) is 0 Å². The molecule has 0 saturated heterocycles. The average molecular weight is 283 g/mol. The predicted octanol–water partition coefficient (Wildman–Crippen LogP) is 3.63. The highest BCUT2D eigenvalue weighted by atomic mass is 32.2. The molecule has 0 bridgehead atoms. The van der Waals surface area contributed by atoms with Crippen molar-refractivity contribution in [2.45, 2.75) is 63.8 Å². The summed E-state index contributed by atoms with van der Waals surface area (Å²) in [6.07, 6.45) is 5.12. The molecule has 0 aliphatic heterocycles. The number of sulfonamides is 1. The van der Waals surface area contributed by atoms with Gasteiger partial charge in [-0.15, -0.1) is 0 Å². The normalized spacial score (nSPS) is 13.4. The predicted molar refractivity (Wildman–Crippen MR) is 79.7 cm³/mol.